The Balaban J connectivity index is 1.97. The van der Waals surface area contributed by atoms with E-state index < -0.39 is 17.9 Å². The van der Waals surface area contributed by atoms with Gasteiger partial charge in [-0.25, -0.2) is 9.78 Å². The summed E-state index contributed by atoms with van der Waals surface area (Å²) in [6.45, 7) is 4.14. The maximum atomic E-state index is 12.7. The molecule has 0 fully saturated rings. The minimum atomic E-state index is -1.07. The van der Waals surface area contributed by atoms with Crippen molar-refractivity contribution in [1.29, 1.82) is 0 Å². The molecule has 2 aromatic rings. The molecule has 1 aliphatic heterocycles. The number of hydrogen-bond acceptors (Lipinski definition) is 4. The van der Waals surface area contributed by atoms with Crippen LogP contribution in [0.5, 0.6) is 0 Å². The van der Waals surface area contributed by atoms with Crippen LogP contribution in [0.3, 0.4) is 0 Å². The third kappa shape index (κ3) is 3.47. The third-order valence-corrected chi connectivity index (χ3v) is 4.80. The van der Waals surface area contributed by atoms with Crippen LogP contribution in [-0.2, 0) is 17.8 Å². The van der Waals surface area contributed by atoms with Gasteiger partial charge in [0.15, 0.2) is 0 Å². The molecule has 2 heterocycles. The SMILES string of the molecule is CC(C)C(NC(=O)c1ccc2c(=O)n3c(nc2c1)CCCCC3)C(=O)O. The van der Waals surface area contributed by atoms with E-state index in [0.29, 0.717) is 23.0 Å². The number of nitrogens with one attached hydrogen (secondary N) is 1. The van der Waals surface area contributed by atoms with Crippen molar-refractivity contribution in [3.8, 4) is 0 Å². The van der Waals surface area contributed by atoms with Gasteiger partial charge in [0.2, 0.25) is 0 Å². The first-order valence-electron chi connectivity index (χ1n) is 8.95. The van der Waals surface area contributed by atoms with E-state index in [1.54, 1.807) is 36.6 Å². The second-order valence-corrected chi connectivity index (χ2v) is 7.06. The van der Waals surface area contributed by atoms with E-state index in [-0.39, 0.29) is 11.5 Å². The average Bonchev–Trinajstić information content (AvgIpc) is 2.84. The fourth-order valence-corrected chi connectivity index (χ4v) is 3.30. The van der Waals surface area contributed by atoms with Gasteiger partial charge in [-0.2, -0.15) is 0 Å². The molecule has 3 rings (SSSR count). The van der Waals surface area contributed by atoms with Gasteiger partial charge in [-0.1, -0.05) is 20.3 Å². The second kappa shape index (κ2) is 7.27. The third-order valence-electron chi connectivity index (χ3n) is 4.80. The Morgan fingerprint density at radius 2 is 2.00 bits per heavy atom. The van der Waals surface area contributed by atoms with Gasteiger partial charge in [0.25, 0.3) is 11.5 Å². The zero-order valence-corrected chi connectivity index (χ0v) is 15.0. The van der Waals surface area contributed by atoms with Crippen LogP contribution in [0.1, 0.15) is 49.3 Å². The van der Waals surface area contributed by atoms with E-state index in [9.17, 15) is 19.5 Å². The maximum absolute atomic E-state index is 12.7. The largest absolute Gasteiger partial charge is 0.480 e. The fourth-order valence-electron chi connectivity index (χ4n) is 3.30. The number of aryl methyl sites for hydroxylation is 1. The first kappa shape index (κ1) is 18.1. The van der Waals surface area contributed by atoms with Crippen LogP contribution in [0, 0.1) is 5.92 Å². The van der Waals surface area contributed by atoms with E-state index in [2.05, 4.69) is 10.3 Å². The molecule has 2 N–H and O–H groups in total. The smallest absolute Gasteiger partial charge is 0.326 e. The van der Waals surface area contributed by atoms with Gasteiger partial charge in [-0.05, 0) is 37.0 Å². The number of aliphatic carboxylic acids is 1. The Morgan fingerprint density at radius 3 is 2.69 bits per heavy atom. The molecule has 0 spiro atoms. The van der Waals surface area contributed by atoms with Crippen LogP contribution in [0.15, 0.2) is 23.0 Å². The summed E-state index contributed by atoms with van der Waals surface area (Å²) in [6, 6.07) is 3.74. The first-order chi connectivity index (χ1) is 12.4. The Morgan fingerprint density at radius 1 is 1.23 bits per heavy atom. The molecule has 1 aliphatic rings. The summed E-state index contributed by atoms with van der Waals surface area (Å²) in [7, 11) is 0. The molecule has 7 heteroatoms. The second-order valence-electron chi connectivity index (χ2n) is 7.06. The summed E-state index contributed by atoms with van der Waals surface area (Å²) in [5, 5.41) is 12.2. The topological polar surface area (TPSA) is 101 Å². The number of nitrogens with zero attached hydrogens (tertiary/aromatic N) is 2. The number of benzene rings is 1. The van der Waals surface area contributed by atoms with Crippen LogP contribution < -0.4 is 10.9 Å². The van der Waals surface area contributed by atoms with Crippen molar-refractivity contribution in [3.63, 3.8) is 0 Å². The van der Waals surface area contributed by atoms with Gasteiger partial charge >= 0.3 is 5.97 Å². The molecule has 1 unspecified atom stereocenters. The molecule has 138 valence electrons. The lowest BCUT2D eigenvalue weighted by Gasteiger charge is -2.18. The molecule has 1 amide bonds. The quantitative estimate of drug-likeness (QED) is 0.871. The number of hydrogen-bond donors (Lipinski definition) is 2. The number of fused-ring (bicyclic) bond motifs is 2. The maximum Gasteiger partial charge on any atom is 0.326 e. The van der Waals surface area contributed by atoms with E-state index in [1.807, 2.05) is 0 Å². The number of carbonyl (C=O) groups is 2. The lowest BCUT2D eigenvalue weighted by atomic mass is 10.0. The van der Waals surface area contributed by atoms with Gasteiger partial charge in [0.1, 0.15) is 11.9 Å². The van der Waals surface area contributed by atoms with Crippen molar-refractivity contribution < 1.29 is 14.7 Å². The number of rotatable bonds is 4. The van der Waals surface area contributed by atoms with Gasteiger partial charge < -0.3 is 10.4 Å². The molecular weight excluding hydrogens is 334 g/mol. The average molecular weight is 357 g/mol. The fraction of sp³-hybridized carbons (Fsp3) is 0.474. The normalized spacial score (nSPS) is 15.3. The molecule has 1 atom stereocenters. The molecule has 1 aromatic carbocycles. The monoisotopic (exact) mass is 357 g/mol. The Kier molecular flexibility index (Phi) is 5.06. The van der Waals surface area contributed by atoms with Crippen molar-refractivity contribution in [2.75, 3.05) is 0 Å². The summed E-state index contributed by atoms with van der Waals surface area (Å²) < 4.78 is 1.73. The van der Waals surface area contributed by atoms with Gasteiger partial charge in [0.05, 0.1) is 10.9 Å². The number of carboxylic acids is 1. The van der Waals surface area contributed by atoms with Gasteiger partial charge in [-0.15, -0.1) is 0 Å². The molecule has 0 saturated carbocycles. The molecule has 1 aromatic heterocycles. The number of carboxylic acid groups (broad SMARTS) is 1. The van der Waals surface area contributed by atoms with Crippen molar-refractivity contribution in [3.05, 3.63) is 39.9 Å². The highest BCUT2D eigenvalue weighted by atomic mass is 16.4. The van der Waals surface area contributed by atoms with Crippen molar-refractivity contribution in [1.82, 2.24) is 14.9 Å². The van der Waals surface area contributed by atoms with Gasteiger partial charge in [-0.3, -0.25) is 14.2 Å². The van der Waals surface area contributed by atoms with Crippen LogP contribution in [0.4, 0.5) is 0 Å². The van der Waals surface area contributed by atoms with E-state index in [1.165, 1.54) is 0 Å². The lowest BCUT2D eigenvalue weighted by molar-refractivity contribution is -0.140. The summed E-state index contributed by atoms with van der Waals surface area (Å²) in [5.74, 6) is -1.04. The molecule has 0 bridgehead atoms. The van der Waals surface area contributed by atoms with Crippen LogP contribution in [-0.4, -0.2) is 32.6 Å². The van der Waals surface area contributed by atoms with Crippen LogP contribution in [0.2, 0.25) is 0 Å². The first-order valence-corrected chi connectivity index (χ1v) is 8.95. The zero-order chi connectivity index (χ0) is 18.8. The summed E-state index contributed by atoms with van der Waals surface area (Å²) in [6.07, 6.45) is 3.77. The van der Waals surface area contributed by atoms with E-state index in [4.69, 9.17) is 0 Å². The lowest BCUT2D eigenvalue weighted by Crippen LogP contribution is -2.44. The Hall–Kier alpha value is -2.70. The van der Waals surface area contributed by atoms with Crippen LogP contribution >= 0.6 is 0 Å². The zero-order valence-electron chi connectivity index (χ0n) is 15.0. The highest BCUT2D eigenvalue weighted by molar-refractivity contribution is 5.99. The number of carbonyl (C=O) groups excluding carboxylic acids is 1. The minimum Gasteiger partial charge on any atom is -0.480 e. The summed E-state index contributed by atoms with van der Waals surface area (Å²) in [5.41, 5.74) is 0.701. The predicted molar refractivity (Wildman–Crippen MR) is 97.3 cm³/mol. The molecule has 7 nitrogen and oxygen atoms in total. The standard InChI is InChI=1S/C19H23N3O4/c1-11(2)16(19(25)26)21-17(23)12-7-8-13-14(10-12)20-15-6-4-3-5-9-22(15)18(13)24/h7-8,10-11,16H,3-6,9H2,1-2H3,(H,21,23)(H,25,26). The molecular formula is C19H23N3O4. The molecule has 0 radical (unpaired) electrons. The van der Waals surface area contributed by atoms with Crippen molar-refractivity contribution in [2.45, 2.75) is 52.1 Å². The highest BCUT2D eigenvalue weighted by Crippen LogP contribution is 2.16. The molecule has 26 heavy (non-hydrogen) atoms. The van der Waals surface area contributed by atoms with E-state index in [0.717, 1.165) is 31.5 Å². The van der Waals surface area contributed by atoms with Gasteiger partial charge in [0, 0.05) is 18.5 Å². The Labute approximate surface area is 151 Å². The van der Waals surface area contributed by atoms with Crippen LogP contribution in [0.25, 0.3) is 10.9 Å². The van der Waals surface area contributed by atoms with Crippen molar-refractivity contribution >= 4 is 22.8 Å². The minimum absolute atomic E-state index is 0.0792. The molecule has 0 aliphatic carbocycles. The molecule has 0 saturated heterocycles. The summed E-state index contributed by atoms with van der Waals surface area (Å²) in [4.78, 5) is 41.0. The number of aromatic nitrogens is 2. The predicted octanol–water partition coefficient (Wildman–Crippen LogP) is 1.96. The summed E-state index contributed by atoms with van der Waals surface area (Å²) >= 11 is 0. The van der Waals surface area contributed by atoms with Crippen molar-refractivity contribution in [2.24, 2.45) is 5.92 Å². The number of amides is 1. The van der Waals surface area contributed by atoms with E-state index >= 15 is 0 Å². The highest BCUT2D eigenvalue weighted by Gasteiger charge is 2.24. The Bertz CT molecular complexity index is 917.